The van der Waals surface area contributed by atoms with Crippen LogP contribution in [0.2, 0.25) is 0 Å². The molecule has 0 unspecified atom stereocenters. The Labute approximate surface area is 356 Å². The first-order valence-corrected chi connectivity index (χ1v) is 21.3. The van der Waals surface area contributed by atoms with Crippen LogP contribution < -0.4 is 4.90 Å². The SMILES string of the molecule is c1ccc(-c2cccc(N(c3ccc4c(c3)C3(c5ccccc5-4)c4ccccc4C4(c5ccccc5-c5ccccc54)c4ccccc43)c3cccc4ccccc34)c2)cc1. The van der Waals surface area contributed by atoms with Crippen LogP contribution in [0.1, 0.15) is 44.5 Å². The van der Waals surface area contributed by atoms with Gasteiger partial charge in [-0.3, -0.25) is 0 Å². The highest BCUT2D eigenvalue weighted by Crippen LogP contribution is 2.67. The van der Waals surface area contributed by atoms with Crippen molar-refractivity contribution in [3.8, 4) is 33.4 Å². The predicted octanol–water partition coefficient (Wildman–Crippen LogP) is 15.0. The quantitative estimate of drug-likeness (QED) is 0.172. The maximum Gasteiger partial charge on any atom is 0.0720 e. The summed E-state index contributed by atoms with van der Waals surface area (Å²) in [7, 11) is 0. The van der Waals surface area contributed by atoms with Crippen molar-refractivity contribution < 1.29 is 0 Å². The van der Waals surface area contributed by atoms with Crippen LogP contribution in [0.15, 0.2) is 237 Å². The fourth-order valence-electron chi connectivity index (χ4n) is 11.7. The molecule has 0 heterocycles. The molecule has 0 fully saturated rings. The summed E-state index contributed by atoms with van der Waals surface area (Å²) in [6, 6.07) is 88.6. The van der Waals surface area contributed by atoms with E-state index in [1.54, 1.807) is 0 Å². The average Bonchev–Trinajstić information content (AvgIpc) is 3.79. The molecule has 13 rings (SSSR count). The monoisotopic (exact) mass is 773 g/mol. The van der Waals surface area contributed by atoms with Crippen molar-refractivity contribution in [1.29, 1.82) is 0 Å². The van der Waals surface area contributed by atoms with Gasteiger partial charge in [0, 0.05) is 16.8 Å². The molecule has 3 aliphatic rings. The molecule has 10 aromatic carbocycles. The maximum atomic E-state index is 2.52. The van der Waals surface area contributed by atoms with Crippen LogP contribution in [0.5, 0.6) is 0 Å². The number of hydrogen-bond donors (Lipinski definition) is 0. The second-order valence-corrected chi connectivity index (χ2v) is 16.7. The fraction of sp³-hybridized carbons (Fsp3) is 0.0333. The Bertz CT molecular complexity index is 3290. The third kappa shape index (κ3) is 4.50. The smallest absolute Gasteiger partial charge is 0.0720 e. The molecule has 0 radical (unpaired) electrons. The van der Waals surface area contributed by atoms with Gasteiger partial charge in [-0.1, -0.05) is 206 Å². The van der Waals surface area contributed by atoms with Crippen LogP contribution in [0.3, 0.4) is 0 Å². The number of anilines is 3. The maximum absolute atomic E-state index is 2.52. The van der Waals surface area contributed by atoms with Gasteiger partial charge in [-0.05, 0) is 114 Å². The van der Waals surface area contributed by atoms with E-state index in [0.717, 1.165) is 17.1 Å². The number of hydrogen-bond acceptors (Lipinski definition) is 1. The predicted molar refractivity (Wildman–Crippen MR) is 252 cm³/mol. The van der Waals surface area contributed by atoms with Crippen molar-refractivity contribution in [3.05, 3.63) is 281 Å². The molecule has 10 aromatic rings. The van der Waals surface area contributed by atoms with Crippen LogP contribution in [-0.4, -0.2) is 0 Å². The Kier molecular flexibility index (Phi) is 7.21. The van der Waals surface area contributed by atoms with Gasteiger partial charge < -0.3 is 4.90 Å². The molecule has 0 amide bonds. The number of fused-ring (bicyclic) bond motifs is 17. The molecule has 0 saturated heterocycles. The van der Waals surface area contributed by atoms with Crippen molar-refractivity contribution in [3.63, 3.8) is 0 Å². The topological polar surface area (TPSA) is 3.24 Å². The highest BCUT2D eigenvalue weighted by molar-refractivity contribution is 6.00. The summed E-state index contributed by atoms with van der Waals surface area (Å²) in [5.41, 5.74) is 20.6. The van der Waals surface area contributed by atoms with Crippen LogP contribution in [0, 0.1) is 0 Å². The molecule has 0 aliphatic heterocycles. The van der Waals surface area contributed by atoms with Gasteiger partial charge in [0.2, 0.25) is 0 Å². The van der Waals surface area contributed by atoms with E-state index in [-0.39, 0.29) is 0 Å². The molecule has 0 aromatic heterocycles. The normalized spacial score (nSPS) is 14.2. The van der Waals surface area contributed by atoms with E-state index in [2.05, 4.69) is 241 Å². The molecule has 0 N–H and O–H groups in total. The van der Waals surface area contributed by atoms with E-state index in [9.17, 15) is 0 Å². The fourth-order valence-corrected chi connectivity index (χ4v) is 11.7. The van der Waals surface area contributed by atoms with E-state index < -0.39 is 10.8 Å². The Hall–Kier alpha value is -7.74. The van der Waals surface area contributed by atoms with Crippen LogP contribution >= 0.6 is 0 Å². The van der Waals surface area contributed by atoms with Gasteiger partial charge in [0.1, 0.15) is 0 Å². The lowest BCUT2D eigenvalue weighted by Gasteiger charge is -2.49. The van der Waals surface area contributed by atoms with Gasteiger partial charge in [0.15, 0.2) is 0 Å². The number of benzene rings is 10. The Balaban J connectivity index is 1.13. The van der Waals surface area contributed by atoms with E-state index in [1.165, 1.54) is 88.7 Å². The van der Waals surface area contributed by atoms with E-state index >= 15 is 0 Å². The zero-order valence-corrected chi connectivity index (χ0v) is 33.5. The number of rotatable bonds is 4. The lowest BCUT2D eigenvalue weighted by Crippen LogP contribution is -2.43. The molecule has 0 saturated carbocycles. The summed E-state index contributed by atoms with van der Waals surface area (Å²) in [5.74, 6) is 0. The Morgan fingerprint density at radius 3 is 1.30 bits per heavy atom. The van der Waals surface area contributed by atoms with Gasteiger partial charge in [-0.2, -0.15) is 0 Å². The second-order valence-electron chi connectivity index (χ2n) is 16.7. The van der Waals surface area contributed by atoms with Crippen molar-refractivity contribution in [1.82, 2.24) is 0 Å². The molecule has 0 atom stereocenters. The Morgan fingerprint density at radius 2 is 0.689 bits per heavy atom. The molecule has 3 aliphatic carbocycles. The average molecular weight is 774 g/mol. The Morgan fingerprint density at radius 1 is 0.262 bits per heavy atom. The third-order valence-corrected chi connectivity index (χ3v) is 13.9. The van der Waals surface area contributed by atoms with Gasteiger partial charge in [-0.15, -0.1) is 0 Å². The van der Waals surface area contributed by atoms with Crippen LogP contribution in [-0.2, 0) is 10.8 Å². The summed E-state index contributed by atoms with van der Waals surface area (Å²) < 4.78 is 0. The van der Waals surface area contributed by atoms with Gasteiger partial charge in [0.05, 0.1) is 16.5 Å². The minimum absolute atomic E-state index is 0.478. The van der Waals surface area contributed by atoms with Gasteiger partial charge in [0.25, 0.3) is 0 Å². The highest BCUT2D eigenvalue weighted by atomic mass is 15.1. The summed E-state index contributed by atoms with van der Waals surface area (Å²) in [6.07, 6.45) is 0. The molecule has 61 heavy (non-hydrogen) atoms. The summed E-state index contributed by atoms with van der Waals surface area (Å²) in [5, 5.41) is 2.43. The summed E-state index contributed by atoms with van der Waals surface area (Å²) in [6.45, 7) is 0. The van der Waals surface area contributed by atoms with Crippen molar-refractivity contribution in [2.75, 3.05) is 4.90 Å². The first-order chi connectivity index (χ1) is 30.3. The second kappa shape index (κ2) is 12.9. The zero-order valence-electron chi connectivity index (χ0n) is 33.5. The molecule has 284 valence electrons. The van der Waals surface area contributed by atoms with Gasteiger partial charge >= 0.3 is 0 Å². The summed E-state index contributed by atoms with van der Waals surface area (Å²) >= 11 is 0. The summed E-state index contributed by atoms with van der Waals surface area (Å²) in [4.78, 5) is 2.48. The largest absolute Gasteiger partial charge is 0.310 e. The molecular formula is C60H39N. The first kappa shape index (κ1) is 34.2. The molecule has 2 spiro atoms. The van der Waals surface area contributed by atoms with E-state index in [4.69, 9.17) is 0 Å². The van der Waals surface area contributed by atoms with E-state index in [1.807, 2.05) is 0 Å². The van der Waals surface area contributed by atoms with Gasteiger partial charge in [-0.25, -0.2) is 0 Å². The van der Waals surface area contributed by atoms with Crippen molar-refractivity contribution in [2.24, 2.45) is 0 Å². The van der Waals surface area contributed by atoms with E-state index in [0.29, 0.717) is 0 Å². The molecule has 0 bridgehead atoms. The standard InChI is InChI=1S/C60H39N/c1-2-18-40(19-3-1)42-22-16-23-43(38-42)61(58-35-17-21-41-20-4-5-24-45(41)58)44-36-37-49-48-27-8-11-30-52(48)60(57(49)39-44)55-33-14-12-31-53(55)59(54-32-13-15-34-56(54)60)50-28-9-6-25-46(50)47-26-7-10-29-51(47)59/h1-39H. The van der Waals surface area contributed by atoms with Crippen molar-refractivity contribution in [2.45, 2.75) is 10.8 Å². The first-order valence-electron chi connectivity index (χ1n) is 21.3. The lowest BCUT2D eigenvalue weighted by atomic mass is 9.52. The minimum atomic E-state index is -0.580. The molecule has 1 nitrogen and oxygen atoms in total. The van der Waals surface area contributed by atoms with Crippen molar-refractivity contribution >= 4 is 27.8 Å². The number of nitrogens with zero attached hydrogens (tertiary/aromatic N) is 1. The minimum Gasteiger partial charge on any atom is -0.310 e. The highest BCUT2D eigenvalue weighted by Gasteiger charge is 2.58. The third-order valence-electron chi connectivity index (χ3n) is 13.9. The molecule has 1 heteroatoms. The van der Waals surface area contributed by atoms with Crippen LogP contribution in [0.25, 0.3) is 44.2 Å². The van der Waals surface area contributed by atoms with Crippen LogP contribution in [0.4, 0.5) is 17.1 Å². The lowest BCUT2D eigenvalue weighted by molar-refractivity contribution is 0.633. The zero-order chi connectivity index (χ0) is 40.1. The molecular weight excluding hydrogens is 735 g/mol.